The molecule has 0 N–H and O–H groups in total. The summed E-state index contributed by atoms with van der Waals surface area (Å²) in [6, 6.07) is 6.60. The average molecular weight is 245 g/mol. The van der Waals surface area contributed by atoms with E-state index in [-0.39, 0.29) is 5.82 Å². The van der Waals surface area contributed by atoms with E-state index in [4.69, 9.17) is 0 Å². The van der Waals surface area contributed by atoms with E-state index >= 15 is 0 Å². The third-order valence-corrected chi connectivity index (χ3v) is 3.59. The summed E-state index contributed by atoms with van der Waals surface area (Å²) in [7, 11) is 0. The minimum atomic E-state index is -0.198. The zero-order valence-electron chi connectivity index (χ0n) is 10.4. The quantitative estimate of drug-likeness (QED) is 0.814. The Labute approximate surface area is 106 Å². The summed E-state index contributed by atoms with van der Waals surface area (Å²) >= 11 is 0. The summed E-state index contributed by atoms with van der Waals surface area (Å²) in [4.78, 5) is 0. The molecule has 0 radical (unpaired) electrons. The number of aromatic nitrogens is 3. The van der Waals surface area contributed by atoms with Crippen LogP contribution < -0.4 is 0 Å². The maximum Gasteiger partial charge on any atom is 0.137 e. The number of benzene rings is 1. The average Bonchev–Trinajstić information content (AvgIpc) is 2.77. The molecule has 0 spiro atoms. The second-order valence-corrected chi connectivity index (χ2v) is 4.97. The van der Waals surface area contributed by atoms with Gasteiger partial charge in [0.15, 0.2) is 0 Å². The molecule has 0 amide bonds. The Hall–Kier alpha value is -1.71. The topological polar surface area (TPSA) is 30.7 Å². The van der Waals surface area contributed by atoms with Crippen molar-refractivity contribution in [3.05, 3.63) is 47.3 Å². The molecule has 0 saturated carbocycles. The van der Waals surface area contributed by atoms with Gasteiger partial charge < -0.3 is 4.57 Å². The van der Waals surface area contributed by atoms with Crippen molar-refractivity contribution in [3.63, 3.8) is 0 Å². The van der Waals surface area contributed by atoms with E-state index in [0.717, 1.165) is 30.2 Å². The second-order valence-electron chi connectivity index (χ2n) is 4.97. The van der Waals surface area contributed by atoms with Crippen molar-refractivity contribution < 1.29 is 4.39 Å². The Balaban J connectivity index is 1.87. The van der Waals surface area contributed by atoms with Gasteiger partial charge in [0.2, 0.25) is 0 Å². The summed E-state index contributed by atoms with van der Waals surface area (Å²) in [6.45, 7) is 3.20. The van der Waals surface area contributed by atoms with E-state index < -0.39 is 0 Å². The molecule has 94 valence electrons. The molecule has 1 aromatic carbocycles. The highest BCUT2D eigenvalue weighted by atomic mass is 19.1. The lowest BCUT2D eigenvalue weighted by Gasteiger charge is -2.20. The fourth-order valence-corrected chi connectivity index (χ4v) is 2.56. The molecule has 1 atom stereocenters. The van der Waals surface area contributed by atoms with Gasteiger partial charge in [-0.3, -0.25) is 0 Å². The van der Waals surface area contributed by atoms with Crippen molar-refractivity contribution >= 4 is 0 Å². The number of halogens is 1. The largest absolute Gasteiger partial charge is 0.314 e. The van der Waals surface area contributed by atoms with Crippen molar-refractivity contribution in [2.45, 2.75) is 38.6 Å². The van der Waals surface area contributed by atoms with Crippen LogP contribution in [0.4, 0.5) is 4.39 Å². The van der Waals surface area contributed by atoms with Gasteiger partial charge in [-0.2, -0.15) is 0 Å². The fraction of sp³-hybridized carbons (Fsp3) is 0.429. The first-order valence-corrected chi connectivity index (χ1v) is 6.40. The molecule has 1 aromatic heterocycles. The second kappa shape index (κ2) is 4.52. The van der Waals surface area contributed by atoms with Gasteiger partial charge in [0.1, 0.15) is 17.5 Å². The van der Waals surface area contributed by atoms with Crippen LogP contribution in [0.15, 0.2) is 24.3 Å². The molecule has 18 heavy (non-hydrogen) atoms. The van der Waals surface area contributed by atoms with Crippen LogP contribution in [0.5, 0.6) is 0 Å². The lowest BCUT2D eigenvalue weighted by atomic mass is 10.0. The standard InChI is InChI=1S/C14H16FN3/c1-10-3-2-8-18-13(16-17-14(10)18)9-11-4-6-12(15)7-5-11/h4-7,10H,2-3,8-9H2,1H3. The number of fused-ring (bicyclic) bond motifs is 1. The summed E-state index contributed by atoms with van der Waals surface area (Å²) in [5.41, 5.74) is 1.07. The van der Waals surface area contributed by atoms with Crippen molar-refractivity contribution in [2.24, 2.45) is 0 Å². The summed E-state index contributed by atoms with van der Waals surface area (Å²) in [6.07, 6.45) is 3.09. The van der Waals surface area contributed by atoms with Crippen LogP contribution in [-0.4, -0.2) is 14.8 Å². The molecular formula is C14H16FN3. The number of rotatable bonds is 2. The fourth-order valence-electron chi connectivity index (χ4n) is 2.56. The highest BCUT2D eigenvalue weighted by molar-refractivity contribution is 5.20. The maximum absolute atomic E-state index is 12.9. The summed E-state index contributed by atoms with van der Waals surface area (Å²) in [5, 5.41) is 8.58. The molecule has 0 aliphatic carbocycles. The van der Waals surface area contributed by atoms with Crippen molar-refractivity contribution in [1.82, 2.24) is 14.8 Å². The van der Waals surface area contributed by atoms with E-state index in [9.17, 15) is 4.39 Å². The predicted octanol–water partition coefficient (Wildman–Crippen LogP) is 2.91. The molecule has 3 rings (SSSR count). The lowest BCUT2D eigenvalue weighted by Crippen LogP contribution is -2.16. The molecule has 0 fully saturated rings. The number of hydrogen-bond donors (Lipinski definition) is 0. The smallest absolute Gasteiger partial charge is 0.137 e. The van der Waals surface area contributed by atoms with Crippen molar-refractivity contribution in [1.29, 1.82) is 0 Å². The molecule has 1 unspecified atom stereocenters. The third-order valence-electron chi connectivity index (χ3n) is 3.59. The van der Waals surface area contributed by atoms with Crippen LogP contribution in [0, 0.1) is 5.82 Å². The van der Waals surface area contributed by atoms with E-state index in [1.807, 2.05) is 12.1 Å². The van der Waals surface area contributed by atoms with Crippen LogP contribution in [0.3, 0.4) is 0 Å². The van der Waals surface area contributed by atoms with Gasteiger partial charge in [-0.05, 0) is 30.5 Å². The number of hydrogen-bond acceptors (Lipinski definition) is 2. The SMILES string of the molecule is CC1CCCn2c(Cc3ccc(F)cc3)nnc21. The first-order valence-electron chi connectivity index (χ1n) is 6.40. The van der Waals surface area contributed by atoms with Gasteiger partial charge >= 0.3 is 0 Å². The van der Waals surface area contributed by atoms with Crippen LogP contribution >= 0.6 is 0 Å². The van der Waals surface area contributed by atoms with Gasteiger partial charge in [-0.1, -0.05) is 19.1 Å². The Bertz CT molecular complexity index is 545. The van der Waals surface area contributed by atoms with E-state index in [1.165, 1.54) is 25.0 Å². The minimum Gasteiger partial charge on any atom is -0.314 e. The van der Waals surface area contributed by atoms with Gasteiger partial charge in [0.25, 0.3) is 0 Å². The van der Waals surface area contributed by atoms with Crippen LogP contribution in [0.1, 0.15) is 42.9 Å². The van der Waals surface area contributed by atoms with Gasteiger partial charge in [0, 0.05) is 18.9 Å². The Kier molecular flexibility index (Phi) is 2.86. The highest BCUT2D eigenvalue weighted by Crippen LogP contribution is 2.26. The molecule has 3 nitrogen and oxygen atoms in total. The van der Waals surface area contributed by atoms with Crippen LogP contribution in [-0.2, 0) is 13.0 Å². The first-order chi connectivity index (χ1) is 8.74. The Morgan fingerprint density at radius 3 is 2.83 bits per heavy atom. The predicted molar refractivity (Wildman–Crippen MR) is 66.9 cm³/mol. The third kappa shape index (κ3) is 2.03. The van der Waals surface area contributed by atoms with E-state index in [0.29, 0.717) is 5.92 Å². The van der Waals surface area contributed by atoms with Crippen molar-refractivity contribution in [2.75, 3.05) is 0 Å². The zero-order valence-corrected chi connectivity index (χ0v) is 10.4. The molecule has 2 heterocycles. The maximum atomic E-state index is 12.9. The summed E-state index contributed by atoms with van der Waals surface area (Å²) < 4.78 is 15.1. The van der Waals surface area contributed by atoms with Crippen LogP contribution in [0.25, 0.3) is 0 Å². The monoisotopic (exact) mass is 245 g/mol. The normalized spacial score (nSPS) is 18.7. The number of nitrogens with zero attached hydrogens (tertiary/aromatic N) is 3. The van der Waals surface area contributed by atoms with E-state index in [2.05, 4.69) is 21.7 Å². The first kappa shape index (κ1) is 11.4. The molecule has 1 aliphatic rings. The molecule has 2 aromatic rings. The Morgan fingerprint density at radius 2 is 2.06 bits per heavy atom. The summed E-state index contributed by atoms with van der Waals surface area (Å²) in [5.74, 6) is 2.38. The van der Waals surface area contributed by atoms with Gasteiger partial charge in [0.05, 0.1) is 0 Å². The van der Waals surface area contributed by atoms with Gasteiger partial charge in [-0.15, -0.1) is 10.2 Å². The minimum absolute atomic E-state index is 0.198. The highest BCUT2D eigenvalue weighted by Gasteiger charge is 2.21. The molecule has 0 saturated heterocycles. The van der Waals surface area contributed by atoms with Crippen LogP contribution in [0.2, 0.25) is 0 Å². The molecule has 0 bridgehead atoms. The van der Waals surface area contributed by atoms with E-state index in [1.54, 1.807) is 0 Å². The molecular weight excluding hydrogens is 229 g/mol. The zero-order chi connectivity index (χ0) is 12.5. The van der Waals surface area contributed by atoms with Gasteiger partial charge in [-0.25, -0.2) is 4.39 Å². The lowest BCUT2D eigenvalue weighted by molar-refractivity contribution is 0.456. The molecule has 1 aliphatic heterocycles. The van der Waals surface area contributed by atoms with Crippen molar-refractivity contribution in [3.8, 4) is 0 Å². The molecule has 4 heteroatoms. The Morgan fingerprint density at radius 1 is 1.28 bits per heavy atom.